The van der Waals surface area contributed by atoms with E-state index in [1.807, 2.05) is 0 Å². The minimum Gasteiger partial charge on any atom is -0.497 e. The smallest absolute Gasteiger partial charge is 0.132 e. The average molecular weight is 344 g/mol. The van der Waals surface area contributed by atoms with Gasteiger partial charge < -0.3 is 9.64 Å². The molecule has 2 bridgehead atoms. The number of likely N-dealkylation sites (tertiary alicyclic amines) is 1. The summed E-state index contributed by atoms with van der Waals surface area (Å²) in [5, 5.41) is 0. The SMILES string of the molecule is CCCC(=O)CC[C@]1(C)C2Cc3ccc(OC)cc3[C@@]1(C)CCN2C. The molecule has 1 unspecified atom stereocenters. The Kier molecular flexibility index (Phi) is 4.98. The zero-order valence-corrected chi connectivity index (χ0v) is 16.5. The highest BCUT2D eigenvalue weighted by atomic mass is 16.5. The molecule has 0 N–H and O–H groups in total. The van der Waals surface area contributed by atoms with Crippen LogP contribution in [0.2, 0.25) is 0 Å². The number of hydrogen-bond acceptors (Lipinski definition) is 3. The number of piperidine rings is 1. The fourth-order valence-electron chi connectivity index (χ4n) is 5.35. The Balaban J connectivity index is 2.00. The average Bonchev–Trinajstić information content (AvgIpc) is 2.60. The first-order valence-electron chi connectivity index (χ1n) is 9.75. The third-order valence-corrected chi connectivity index (χ3v) is 7.27. The molecule has 3 heteroatoms. The van der Waals surface area contributed by atoms with Crippen LogP contribution < -0.4 is 4.74 Å². The Morgan fingerprint density at radius 1 is 1.32 bits per heavy atom. The highest BCUT2D eigenvalue weighted by Crippen LogP contribution is 2.58. The summed E-state index contributed by atoms with van der Waals surface area (Å²) < 4.78 is 5.52. The summed E-state index contributed by atoms with van der Waals surface area (Å²) in [4.78, 5) is 14.8. The van der Waals surface area contributed by atoms with Gasteiger partial charge in [-0.2, -0.15) is 0 Å². The van der Waals surface area contributed by atoms with Gasteiger partial charge in [-0.15, -0.1) is 0 Å². The molecule has 1 heterocycles. The van der Waals surface area contributed by atoms with Gasteiger partial charge in [0.05, 0.1) is 7.11 Å². The molecule has 0 saturated carbocycles. The molecule has 1 saturated heterocycles. The Bertz CT molecular complexity index is 655. The van der Waals surface area contributed by atoms with Crippen LogP contribution in [0.25, 0.3) is 0 Å². The second-order valence-electron chi connectivity index (χ2n) is 8.51. The van der Waals surface area contributed by atoms with Crippen molar-refractivity contribution in [2.75, 3.05) is 20.7 Å². The number of carbonyl (C=O) groups excluding carboxylic acids is 1. The summed E-state index contributed by atoms with van der Waals surface area (Å²) in [5.41, 5.74) is 3.11. The number of rotatable bonds is 6. The second kappa shape index (κ2) is 6.75. The fourth-order valence-corrected chi connectivity index (χ4v) is 5.35. The molecule has 3 rings (SSSR count). The van der Waals surface area contributed by atoms with Crippen molar-refractivity contribution >= 4 is 5.78 Å². The predicted octanol–water partition coefficient (Wildman–Crippen LogP) is 4.37. The van der Waals surface area contributed by atoms with Crippen molar-refractivity contribution in [1.29, 1.82) is 0 Å². The maximum Gasteiger partial charge on any atom is 0.132 e. The number of hydrogen-bond donors (Lipinski definition) is 0. The van der Waals surface area contributed by atoms with Crippen molar-refractivity contribution in [1.82, 2.24) is 4.90 Å². The van der Waals surface area contributed by atoms with E-state index in [0.717, 1.165) is 44.4 Å². The van der Waals surface area contributed by atoms with E-state index in [0.29, 0.717) is 18.2 Å². The molecule has 2 aliphatic rings. The van der Waals surface area contributed by atoms with Gasteiger partial charge in [0.1, 0.15) is 11.5 Å². The van der Waals surface area contributed by atoms with E-state index >= 15 is 0 Å². The molecule has 138 valence electrons. The van der Waals surface area contributed by atoms with Crippen LogP contribution in [0.4, 0.5) is 0 Å². The van der Waals surface area contributed by atoms with Crippen LogP contribution in [-0.4, -0.2) is 37.4 Å². The number of ether oxygens (including phenoxy) is 1. The zero-order valence-electron chi connectivity index (χ0n) is 16.5. The lowest BCUT2D eigenvalue weighted by Gasteiger charge is -2.62. The van der Waals surface area contributed by atoms with Crippen LogP contribution in [0, 0.1) is 5.41 Å². The van der Waals surface area contributed by atoms with Gasteiger partial charge in [0, 0.05) is 24.3 Å². The lowest BCUT2D eigenvalue weighted by Crippen LogP contribution is -2.64. The number of carbonyl (C=O) groups is 1. The summed E-state index contributed by atoms with van der Waals surface area (Å²) in [6.45, 7) is 8.06. The van der Waals surface area contributed by atoms with Gasteiger partial charge in [0.25, 0.3) is 0 Å². The highest BCUT2D eigenvalue weighted by Gasteiger charge is 2.57. The number of Topliss-reactive ketones (excluding diaryl/α,β-unsaturated/α-hetero) is 1. The zero-order chi connectivity index (χ0) is 18.2. The van der Waals surface area contributed by atoms with Gasteiger partial charge >= 0.3 is 0 Å². The van der Waals surface area contributed by atoms with E-state index in [1.165, 1.54) is 11.1 Å². The van der Waals surface area contributed by atoms with Crippen LogP contribution in [0.15, 0.2) is 18.2 Å². The topological polar surface area (TPSA) is 29.5 Å². The predicted molar refractivity (Wildman–Crippen MR) is 102 cm³/mol. The quantitative estimate of drug-likeness (QED) is 0.768. The standard InChI is InChI=1S/C22H33NO2/c1-6-7-17(24)10-11-22(3)20-14-16-8-9-18(25-5)15-19(16)21(22,2)12-13-23(20)4/h8-9,15,20H,6-7,10-14H2,1-5H3/t20?,21-,22-/m1/s1. The Morgan fingerprint density at radius 2 is 2.08 bits per heavy atom. The number of fused-ring (bicyclic) bond motifs is 4. The van der Waals surface area contributed by atoms with E-state index in [9.17, 15) is 4.79 Å². The van der Waals surface area contributed by atoms with Gasteiger partial charge in [0.2, 0.25) is 0 Å². The highest BCUT2D eigenvalue weighted by molar-refractivity contribution is 5.78. The van der Waals surface area contributed by atoms with Crippen molar-refractivity contribution < 1.29 is 9.53 Å². The fraction of sp³-hybridized carbons (Fsp3) is 0.682. The van der Waals surface area contributed by atoms with E-state index < -0.39 is 0 Å². The molecular formula is C22H33NO2. The van der Waals surface area contributed by atoms with E-state index in [1.54, 1.807) is 7.11 Å². The van der Waals surface area contributed by atoms with Crippen LogP contribution >= 0.6 is 0 Å². The third kappa shape index (κ3) is 2.91. The largest absolute Gasteiger partial charge is 0.497 e. The first-order chi connectivity index (χ1) is 11.9. The van der Waals surface area contributed by atoms with E-state index in [4.69, 9.17) is 4.74 Å². The number of nitrogens with zero attached hydrogens (tertiary/aromatic N) is 1. The molecule has 25 heavy (non-hydrogen) atoms. The van der Waals surface area contributed by atoms with E-state index in [-0.39, 0.29) is 10.8 Å². The first-order valence-corrected chi connectivity index (χ1v) is 9.75. The molecule has 1 aromatic carbocycles. The second-order valence-corrected chi connectivity index (χ2v) is 8.51. The monoisotopic (exact) mass is 343 g/mol. The molecule has 1 aromatic rings. The molecule has 0 aromatic heterocycles. The van der Waals surface area contributed by atoms with Crippen molar-refractivity contribution in [3.8, 4) is 5.75 Å². The van der Waals surface area contributed by atoms with Gasteiger partial charge in [-0.25, -0.2) is 0 Å². The Morgan fingerprint density at radius 3 is 2.76 bits per heavy atom. The normalized spacial score (nSPS) is 31.5. The van der Waals surface area contributed by atoms with Crippen LogP contribution in [0.1, 0.15) is 64.0 Å². The summed E-state index contributed by atoms with van der Waals surface area (Å²) >= 11 is 0. The summed E-state index contributed by atoms with van der Waals surface area (Å²) in [7, 11) is 4.00. The molecular weight excluding hydrogens is 310 g/mol. The number of methoxy groups -OCH3 is 1. The lowest BCUT2D eigenvalue weighted by molar-refractivity contribution is -0.121. The van der Waals surface area contributed by atoms with Crippen molar-refractivity contribution in [3.05, 3.63) is 29.3 Å². The maximum absolute atomic E-state index is 12.2. The van der Waals surface area contributed by atoms with Gasteiger partial charge in [0.15, 0.2) is 0 Å². The lowest BCUT2D eigenvalue weighted by atomic mass is 9.49. The van der Waals surface area contributed by atoms with Gasteiger partial charge in [-0.05, 0) is 68.0 Å². The van der Waals surface area contributed by atoms with Crippen molar-refractivity contribution in [2.45, 2.75) is 70.8 Å². The molecule has 0 amide bonds. The molecule has 0 radical (unpaired) electrons. The maximum atomic E-state index is 12.2. The number of likely N-dealkylation sites (N-methyl/N-ethyl adjacent to an activating group) is 1. The van der Waals surface area contributed by atoms with Crippen molar-refractivity contribution in [3.63, 3.8) is 0 Å². The third-order valence-electron chi connectivity index (χ3n) is 7.27. The Hall–Kier alpha value is -1.35. The van der Waals surface area contributed by atoms with Gasteiger partial charge in [-0.1, -0.05) is 26.8 Å². The molecule has 0 spiro atoms. The molecule has 1 aliphatic carbocycles. The Labute approximate surface area is 152 Å². The van der Waals surface area contributed by atoms with Crippen molar-refractivity contribution in [2.24, 2.45) is 5.41 Å². The van der Waals surface area contributed by atoms with Crippen LogP contribution in [0.3, 0.4) is 0 Å². The summed E-state index contributed by atoms with van der Waals surface area (Å²) in [6, 6.07) is 7.09. The molecule has 1 aliphatic heterocycles. The number of benzene rings is 1. The number of ketones is 1. The van der Waals surface area contributed by atoms with Crippen LogP contribution in [-0.2, 0) is 16.6 Å². The van der Waals surface area contributed by atoms with Gasteiger partial charge in [-0.3, -0.25) is 4.79 Å². The first kappa shape index (κ1) is 18.4. The summed E-state index contributed by atoms with van der Waals surface area (Å²) in [5.74, 6) is 1.37. The summed E-state index contributed by atoms with van der Waals surface area (Å²) in [6.07, 6.45) is 5.58. The molecule has 3 nitrogen and oxygen atoms in total. The van der Waals surface area contributed by atoms with E-state index in [2.05, 4.69) is 50.9 Å². The minimum absolute atomic E-state index is 0.0960. The minimum atomic E-state index is 0.0960. The van der Waals surface area contributed by atoms with Crippen LogP contribution in [0.5, 0.6) is 5.75 Å². The molecule has 1 fully saturated rings. The molecule has 3 atom stereocenters.